The number of anilines is 1. The molecule has 0 fully saturated rings. The maximum absolute atomic E-state index is 14.1. The number of hydrogen-bond acceptors (Lipinski definition) is 6. The van der Waals surface area contributed by atoms with E-state index in [0.717, 1.165) is 16.8 Å². The second-order valence-electron chi connectivity index (χ2n) is 6.96. The number of benzene rings is 1. The summed E-state index contributed by atoms with van der Waals surface area (Å²) in [5, 5.41) is 13.9. The number of hydrogen-bond donors (Lipinski definition) is 1. The molecule has 1 aliphatic rings. The molecule has 0 saturated carbocycles. The van der Waals surface area contributed by atoms with E-state index < -0.39 is 16.8 Å². The summed E-state index contributed by atoms with van der Waals surface area (Å²) < 4.78 is 19.2. The van der Waals surface area contributed by atoms with Crippen LogP contribution in [0.5, 0.6) is 0 Å². The molecule has 3 aromatic rings. The second-order valence-corrected chi connectivity index (χ2v) is 6.96. The van der Waals surface area contributed by atoms with E-state index in [1.165, 1.54) is 35.2 Å². The zero-order valence-electron chi connectivity index (χ0n) is 16.5. The second kappa shape index (κ2) is 8.44. The maximum atomic E-state index is 14.1. The molecule has 0 atom stereocenters. The monoisotopic (exact) mass is 423 g/mol. The molecule has 1 aromatic carbocycles. The molecule has 0 radical (unpaired) electrons. The van der Waals surface area contributed by atoms with Crippen LogP contribution in [-0.4, -0.2) is 32.9 Å². The van der Waals surface area contributed by atoms with Gasteiger partial charge in [-0.2, -0.15) is 0 Å². The van der Waals surface area contributed by atoms with Crippen molar-refractivity contribution in [3.8, 4) is 11.3 Å². The van der Waals surface area contributed by atoms with Crippen molar-refractivity contribution in [3.05, 3.63) is 81.4 Å². The minimum Gasteiger partial charge on any atom is -0.378 e. The first-order valence-electron chi connectivity index (χ1n) is 9.38. The Morgan fingerprint density at radius 3 is 2.77 bits per heavy atom. The van der Waals surface area contributed by atoms with E-state index in [4.69, 9.17) is 4.74 Å². The molecular formula is C21H18FN5O4. The summed E-state index contributed by atoms with van der Waals surface area (Å²) in [6.07, 6.45) is 1.69. The van der Waals surface area contributed by atoms with E-state index in [9.17, 15) is 19.3 Å². The van der Waals surface area contributed by atoms with Gasteiger partial charge in [0.25, 0.3) is 0 Å². The zero-order valence-corrected chi connectivity index (χ0v) is 16.5. The van der Waals surface area contributed by atoms with Crippen LogP contribution in [0.25, 0.3) is 11.3 Å². The largest absolute Gasteiger partial charge is 0.378 e. The van der Waals surface area contributed by atoms with E-state index >= 15 is 0 Å². The molecule has 0 aliphatic carbocycles. The fourth-order valence-corrected chi connectivity index (χ4v) is 3.39. The summed E-state index contributed by atoms with van der Waals surface area (Å²) in [4.78, 5) is 33.5. The van der Waals surface area contributed by atoms with Crippen LogP contribution in [0.2, 0.25) is 0 Å². The first-order chi connectivity index (χ1) is 15.0. The van der Waals surface area contributed by atoms with Crippen molar-refractivity contribution in [2.45, 2.75) is 19.7 Å². The van der Waals surface area contributed by atoms with Gasteiger partial charge >= 0.3 is 11.7 Å². The molecule has 10 heteroatoms. The predicted octanol–water partition coefficient (Wildman–Crippen LogP) is 3.89. The Hall–Kier alpha value is -3.92. The SMILES string of the molecule is COCc1cc2c(cn1)CN(C(=O)Nc1nc(-c3ccccc3F)ccc1[N+](=O)[O-])C2. The van der Waals surface area contributed by atoms with Gasteiger partial charge in [0.2, 0.25) is 5.82 Å². The van der Waals surface area contributed by atoms with Crippen LogP contribution in [-0.2, 0) is 24.4 Å². The van der Waals surface area contributed by atoms with Gasteiger partial charge in [-0.25, -0.2) is 14.2 Å². The number of carbonyl (C=O) groups is 1. The molecule has 4 rings (SSSR count). The number of urea groups is 1. The summed E-state index contributed by atoms with van der Waals surface area (Å²) in [6.45, 7) is 0.988. The average molecular weight is 423 g/mol. The molecule has 9 nitrogen and oxygen atoms in total. The summed E-state index contributed by atoms with van der Waals surface area (Å²) >= 11 is 0. The Kier molecular flexibility index (Phi) is 5.54. The highest BCUT2D eigenvalue weighted by atomic mass is 19.1. The number of halogens is 1. The van der Waals surface area contributed by atoms with Crippen molar-refractivity contribution in [1.29, 1.82) is 0 Å². The Labute approximate surface area is 176 Å². The number of nitro groups is 1. The predicted molar refractivity (Wildman–Crippen MR) is 110 cm³/mol. The summed E-state index contributed by atoms with van der Waals surface area (Å²) in [5.41, 5.74) is 2.54. The number of rotatable bonds is 5. The fourth-order valence-electron chi connectivity index (χ4n) is 3.39. The standard InChI is InChI=1S/C21H18FN5O4/c1-31-12-15-8-13-10-26(11-14(13)9-23-15)21(28)25-20-19(27(29)30)7-6-18(24-20)16-4-2-3-5-17(16)22/h2-9H,10-12H2,1H3,(H,24,25,28). The van der Waals surface area contributed by atoms with Crippen molar-refractivity contribution in [2.75, 3.05) is 12.4 Å². The lowest BCUT2D eigenvalue weighted by molar-refractivity contribution is -0.384. The summed E-state index contributed by atoms with van der Waals surface area (Å²) in [6, 6.07) is 9.81. The summed E-state index contributed by atoms with van der Waals surface area (Å²) in [7, 11) is 1.57. The van der Waals surface area contributed by atoms with E-state index in [0.29, 0.717) is 19.7 Å². The van der Waals surface area contributed by atoms with Crippen molar-refractivity contribution >= 4 is 17.5 Å². The first kappa shape index (κ1) is 20.4. The van der Waals surface area contributed by atoms with E-state index in [1.807, 2.05) is 6.07 Å². The van der Waals surface area contributed by atoms with Crippen LogP contribution in [0.1, 0.15) is 16.8 Å². The van der Waals surface area contributed by atoms with Gasteiger partial charge in [-0.1, -0.05) is 12.1 Å². The van der Waals surface area contributed by atoms with Gasteiger partial charge < -0.3 is 9.64 Å². The third-order valence-electron chi connectivity index (χ3n) is 4.89. The third kappa shape index (κ3) is 4.19. The molecule has 31 heavy (non-hydrogen) atoms. The molecule has 2 amide bonds. The minimum absolute atomic E-state index is 0.178. The van der Waals surface area contributed by atoms with Crippen LogP contribution in [0.15, 0.2) is 48.7 Å². The van der Waals surface area contributed by atoms with Gasteiger partial charge in [-0.15, -0.1) is 0 Å². The number of amides is 2. The van der Waals surface area contributed by atoms with Gasteiger partial charge in [0, 0.05) is 38.0 Å². The molecule has 0 bridgehead atoms. The number of methoxy groups -OCH3 is 1. The number of ether oxygens (including phenoxy) is 1. The van der Waals surface area contributed by atoms with Crippen molar-refractivity contribution in [2.24, 2.45) is 0 Å². The molecule has 158 valence electrons. The number of fused-ring (bicyclic) bond motifs is 1. The van der Waals surface area contributed by atoms with Crippen LogP contribution in [0, 0.1) is 15.9 Å². The molecular weight excluding hydrogens is 405 g/mol. The highest BCUT2D eigenvalue weighted by molar-refractivity contribution is 5.91. The van der Waals surface area contributed by atoms with Crippen molar-refractivity contribution in [3.63, 3.8) is 0 Å². The van der Waals surface area contributed by atoms with Gasteiger partial charge in [0.1, 0.15) is 5.82 Å². The number of nitrogens with zero attached hydrogens (tertiary/aromatic N) is 4. The van der Waals surface area contributed by atoms with Gasteiger partial charge in [0.15, 0.2) is 0 Å². The molecule has 3 heterocycles. The van der Waals surface area contributed by atoms with E-state index in [1.54, 1.807) is 19.4 Å². The smallest absolute Gasteiger partial charge is 0.323 e. The molecule has 0 unspecified atom stereocenters. The summed E-state index contributed by atoms with van der Waals surface area (Å²) in [5.74, 6) is -0.764. The average Bonchev–Trinajstić information content (AvgIpc) is 3.18. The highest BCUT2D eigenvalue weighted by Gasteiger charge is 2.27. The molecule has 1 N–H and O–H groups in total. The van der Waals surface area contributed by atoms with Crippen molar-refractivity contribution in [1.82, 2.24) is 14.9 Å². The number of aromatic nitrogens is 2. The van der Waals surface area contributed by atoms with E-state index in [2.05, 4.69) is 15.3 Å². The third-order valence-corrected chi connectivity index (χ3v) is 4.89. The fraction of sp³-hybridized carbons (Fsp3) is 0.190. The van der Waals surface area contributed by atoms with Crippen LogP contribution < -0.4 is 5.32 Å². The molecule has 2 aromatic heterocycles. The molecule has 1 aliphatic heterocycles. The lowest BCUT2D eigenvalue weighted by Gasteiger charge is -2.16. The maximum Gasteiger partial charge on any atom is 0.323 e. The van der Waals surface area contributed by atoms with Crippen LogP contribution in [0.4, 0.5) is 20.7 Å². The topological polar surface area (TPSA) is 110 Å². The van der Waals surface area contributed by atoms with Crippen molar-refractivity contribution < 1.29 is 18.8 Å². The minimum atomic E-state index is -0.645. The zero-order chi connectivity index (χ0) is 22.0. The molecule has 0 spiro atoms. The Balaban J connectivity index is 1.58. The quantitative estimate of drug-likeness (QED) is 0.492. The highest BCUT2D eigenvalue weighted by Crippen LogP contribution is 2.29. The number of nitrogens with one attached hydrogen (secondary N) is 1. The van der Waals surface area contributed by atoms with Gasteiger partial charge in [0.05, 0.1) is 22.9 Å². The van der Waals surface area contributed by atoms with Crippen LogP contribution >= 0.6 is 0 Å². The Morgan fingerprint density at radius 1 is 1.26 bits per heavy atom. The first-order valence-corrected chi connectivity index (χ1v) is 9.38. The van der Waals surface area contributed by atoms with Crippen LogP contribution in [0.3, 0.4) is 0 Å². The van der Waals surface area contributed by atoms with E-state index in [-0.39, 0.29) is 22.8 Å². The Morgan fingerprint density at radius 2 is 2.03 bits per heavy atom. The Bertz CT molecular complexity index is 1170. The normalized spacial score (nSPS) is 12.5. The van der Waals surface area contributed by atoms with Gasteiger partial charge in [-0.05, 0) is 35.4 Å². The number of carbonyl (C=O) groups excluding carboxylic acids is 1. The lowest BCUT2D eigenvalue weighted by atomic mass is 10.1. The number of pyridine rings is 2. The lowest BCUT2D eigenvalue weighted by Crippen LogP contribution is -2.30. The molecule has 0 saturated heterocycles. The van der Waals surface area contributed by atoms with Gasteiger partial charge in [-0.3, -0.25) is 20.4 Å².